The molecule has 0 spiro atoms. The van der Waals surface area contributed by atoms with Gasteiger partial charge in [0.15, 0.2) is 0 Å². The van der Waals surface area contributed by atoms with E-state index in [9.17, 15) is 0 Å². The van der Waals surface area contributed by atoms with E-state index in [-0.39, 0.29) is 11.6 Å². The SMILES string of the molecule is CCC(C)(C)C(N)OC. The van der Waals surface area contributed by atoms with Crippen LogP contribution in [0.15, 0.2) is 0 Å². The second-order valence-electron chi connectivity index (χ2n) is 3.00. The van der Waals surface area contributed by atoms with E-state index in [0.717, 1.165) is 6.42 Å². The highest BCUT2D eigenvalue weighted by atomic mass is 16.5. The molecule has 0 bridgehead atoms. The van der Waals surface area contributed by atoms with Gasteiger partial charge in [-0.2, -0.15) is 0 Å². The largest absolute Gasteiger partial charge is 0.366 e. The fourth-order valence-electron chi connectivity index (χ4n) is 0.520. The van der Waals surface area contributed by atoms with E-state index in [1.807, 2.05) is 0 Å². The van der Waals surface area contributed by atoms with Crippen LogP contribution in [0.3, 0.4) is 0 Å². The van der Waals surface area contributed by atoms with Crippen molar-refractivity contribution in [2.45, 2.75) is 33.4 Å². The number of hydrogen-bond acceptors (Lipinski definition) is 2. The lowest BCUT2D eigenvalue weighted by atomic mass is 9.88. The van der Waals surface area contributed by atoms with Gasteiger partial charge in [-0.25, -0.2) is 0 Å². The Kier molecular flexibility index (Phi) is 3.15. The van der Waals surface area contributed by atoms with Crippen molar-refractivity contribution in [3.8, 4) is 0 Å². The third-order valence-corrected chi connectivity index (χ3v) is 1.94. The molecular formula is C7H17NO. The van der Waals surface area contributed by atoms with Crippen molar-refractivity contribution in [1.82, 2.24) is 0 Å². The van der Waals surface area contributed by atoms with Gasteiger partial charge < -0.3 is 10.5 Å². The topological polar surface area (TPSA) is 35.2 Å². The Morgan fingerprint density at radius 3 is 2.11 bits per heavy atom. The van der Waals surface area contributed by atoms with Gasteiger partial charge in [0.25, 0.3) is 0 Å². The van der Waals surface area contributed by atoms with Crippen LogP contribution in [0, 0.1) is 5.41 Å². The Labute approximate surface area is 57.4 Å². The maximum atomic E-state index is 5.64. The van der Waals surface area contributed by atoms with Crippen molar-refractivity contribution in [3.05, 3.63) is 0 Å². The van der Waals surface area contributed by atoms with Crippen molar-refractivity contribution < 1.29 is 4.74 Å². The molecule has 2 heteroatoms. The van der Waals surface area contributed by atoms with Crippen molar-refractivity contribution >= 4 is 0 Å². The maximum Gasteiger partial charge on any atom is 0.110 e. The minimum Gasteiger partial charge on any atom is -0.366 e. The summed E-state index contributed by atoms with van der Waals surface area (Å²) in [4.78, 5) is 0. The number of ether oxygens (including phenoxy) is 1. The van der Waals surface area contributed by atoms with E-state index in [1.54, 1.807) is 7.11 Å². The van der Waals surface area contributed by atoms with Crippen molar-refractivity contribution in [3.63, 3.8) is 0 Å². The highest BCUT2D eigenvalue weighted by molar-refractivity contribution is 4.71. The molecule has 1 atom stereocenters. The number of methoxy groups -OCH3 is 1. The Balaban J connectivity index is 3.80. The number of nitrogens with two attached hydrogens (primary N) is 1. The molecule has 0 aromatic rings. The smallest absolute Gasteiger partial charge is 0.110 e. The van der Waals surface area contributed by atoms with Gasteiger partial charge in [0, 0.05) is 12.5 Å². The van der Waals surface area contributed by atoms with E-state index in [4.69, 9.17) is 10.5 Å². The third kappa shape index (κ3) is 2.33. The van der Waals surface area contributed by atoms with Crippen LogP contribution < -0.4 is 5.73 Å². The number of hydrogen-bond donors (Lipinski definition) is 1. The van der Waals surface area contributed by atoms with Gasteiger partial charge in [-0.15, -0.1) is 0 Å². The second-order valence-corrected chi connectivity index (χ2v) is 3.00. The molecule has 0 aliphatic carbocycles. The van der Waals surface area contributed by atoms with E-state index >= 15 is 0 Å². The summed E-state index contributed by atoms with van der Waals surface area (Å²) in [6.45, 7) is 6.31. The molecule has 0 amide bonds. The van der Waals surface area contributed by atoms with Crippen molar-refractivity contribution in [1.29, 1.82) is 0 Å². The average Bonchev–Trinajstić information content (AvgIpc) is 1.86. The van der Waals surface area contributed by atoms with Crippen LogP contribution in [0.4, 0.5) is 0 Å². The van der Waals surface area contributed by atoms with Crippen molar-refractivity contribution in [2.75, 3.05) is 7.11 Å². The minimum atomic E-state index is -0.137. The molecule has 0 radical (unpaired) electrons. The van der Waals surface area contributed by atoms with Gasteiger partial charge in [0.1, 0.15) is 6.23 Å². The fourth-order valence-corrected chi connectivity index (χ4v) is 0.520. The first kappa shape index (κ1) is 8.92. The first-order valence-electron chi connectivity index (χ1n) is 3.33. The molecule has 0 saturated carbocycles. The van der Waals surface area contributed by atoms with Crippen LogP contribution in [0.2, 0.25) is 0 Å². The summed E-state index contributed by atoms with van der Waals surface area (Å²) >= 11 is 0. The van der Waals surface area contributed by atoms with Crippen LogP contribution in [0.1, 0.15) is 27.2 Å². The Bertz CT molecular complexity index is 81.0. The van der Waals surface area contributed by atoms with Gasteiger partial charge >= 0.3 is 0 Å². The summed E-state index contributed by atoms with van der Waals surface area (Å²) in [6.07, 6.45) is 0.907. The van der Waals surface area contributed by atoms with Gasteiger partial charge in [0.05, 0.1) is 0 Å². The molecule has 0 aliphatic rings. The first-order chi connectivity index (χ1) is 4.04. The van der Waals surface area contributed by atoms with Gasteiger partial charge in [0.2, 0.25) is 0 Å². The molecule has 9 heavy (non-hydrogen) atoms. The highest BCUT2D eigenvalue weighted by Crippen LogP contribution is 2.22. The zero-order chi connectivity index (χ0) is 7.49. The van der Waals surface area contributed by atoms with E-state index in [1.165, 1.54) is 0 Å². The average molecular weight is 131 g/mol. The molecule has 0 aromatic carbocycles. The molecule has 0 aliphatic heterocycles. The Morgan fingerprint density at radius 2 is 2.00 bits per heavy atom. The lowest BCUT2D eigenvalue weighted by Crippen LogP contribution is -2.38. The van der Waals surface area contributed by atoms with Crippen molar-refractivity contribution in [2.24, 2.45) is 11.1 Å². The minimum absolute atomic E-state index is 0.106. The van der Waals surface area contributed by atoms with E-state index in [0.29, 0.717) is 0 Å². The van der Waals surface area contributed by atoms with Gasteiger partial charge in [-0.1, -0.05) is 20.8 Å². The summed E-state index contributed by atoms with van der Waals surface area (Å²) in [5.41, 5.74) is 5.74. The molecular weight excluding hydrogens is 114 g/mol. The van der Waals surface area contributed by atoms with Crippen LogP contribution in [-0.4, -0.2) is 13.3 Å². The molecule has 0 heterocycles. The summed E-state index contributed by atoms with van der Waals surface area (Å²) < 4.78 is 4.98. The molecule has 2 nitrogen and oxygen atoms in total. The predicted molar refractivity (Wildman–Crippen MR) is 39.1 cm³/mol. The lowest BCUT2D eigenvalue weighted by Gasteiger charge is -2.28. The lowest BCUT2D eigenvalue weighted by molar-refractivity contribution is 0.00971. The van der Waals surface area contributed by atoms with Crippen LogP contribution in [0.25, 0.3) is 0 Å². The van der Waals surface area contributed by atoms with E-state index in [2.05, 4.69) is 20.8 Å². The molecule has 0 aromatic heterocycles. The molecule has 2 N–H and O–H groups in total. The second kappa shape index (κ2) is 3.18. The summed E-state index contributed by atoms with van der Waals surface area (Å²) in [7, 11) is 1.64. The van der Waals surface area contributed by atoms with Gasteiger partial charge in [-0.05, 0) is 6.42 Å². The zero-order valence-electron chi connectivity index (χ0n) is 6.77. The third-order valence-electron chi connectivity index (χ3n) is 1.94. The monoisotopic (exact) mass is 131 g/mol. The summed E-state index contributed by atoms with van der Waals surface area (Å²) in [5.74, 6) is 0. The van der Waals surface area contributed by atoms with Crippen LogP contribution in [0.5, 0.6) is 0 Å². The Hall–Kier alpha value is -0.0800. The normalized spacial score (nSPS) is 15.7. The van der Waals surface area contributed by atoms with Crippen LogP contribution >= 0.6 is 0 Å². The summed E-state index contributed by atoms with van der Waals surface area (Å²) in [5, 5.41) is 0. The zero-order valence-corrected chi connectivity index (χ0v) is 6.77. The predicted octanol–water partition coefficient (Wildman–Crippen LogP) is 1.35. The summed E-state index contributed by atoms with van der Waals surface area (Å²) in [6, 6.07) is 0. The Morgan fingerprint density at radius 1 is 1.56 bits per heavy atom. The molecule has 56 valence electrons. The highest BCUT2D eigenvalue weighted by Gasteiger charge is 2.23. The molecule has 1 unspecified atom stereocenters. The standard InChI is InChI=1S/C7H17NO/c1-5-7(2,3)6(8)9-4/h6H,5,8H2,1-4H3. The number of rotatable bonds is 3. The first-order valence-corrected chi connectivity index (χ1v) is 3.33. The van der Waals surface area contributed by atoms with Gasteiger partial charge in [-0.3, -0.25) is 0 Å². The quantitative estimate of drug-likeness (QED) is 0.587. The van der Waals surface area contributed by atoms with Crippen LogP contribution in [-0.2, 0) is 4.74 Å². The molecule has 0 rings (SSSR count). The van der Waals surface area contributed by atoms with E-state index < -0.39 is 0 Å². The maximum absolute atomic E-state index is 5.64. The fraction of sp³-hybridized carbons (Fsp3) is 1.00. The molecule has 0 saturated heterocycles. The molecule has 0 fully saturated rings.